The summed E-state index contributed by atoms with van der Waals surface area (Å²) in [5, 5.41) is 0. The Labute approximate surface area is 306 Å². The molecule has 0 radical (unpaired) electrons. The molecule has 0 saturated carbocycles. The van der Waals surface area contributed by atoms with E-state index in [1.54, 1.807) is 0 Å². The summed E-state index contributed by atoms with van der Waals surface area (Å²) in [6, 6.07) is 31.6. The van der Waals surface area contributed by atoms with Gasteiger partial charge in [-0.15, -0.1) is 0 Å². The molecule has 0 unspecified atom stereocenters. The van der Waals surface area contributed by atoms with E-state index in [0.29, 0.717) is 0 Å². The van der Waals surface area contributed by atoms with Crippen LogP contribution in [0, 0.1) is 0 Å². The molecule has 2 heteroatoms. The predicted molar refractivity (Wildman–Crippen MR) is 220 cm³/mol. The first-order chi connectivity index (χ1) is 24.5. The summed E-state index contributed by atoms with van der Waals surface area (Å²) in [6.45, 7) is 4.34. The number of nitrogens with two attached hydrogens (primary N) is 2. The van der Waals surface area contributed by atoms with Gasteiger partial charge in [0.05, 0.1) is 0 Å². The van der Waals surface area contributed by atoms with E-state index in [-0.39, 0.29) is 0 Å². The fraction of sp³-hybridized carbons (Fsp3) is 0.500. The normalized spacial score (nSPS) is 11.3. The highest BCUT2D eigenvalue weighted by Crippen LogP contribution is 2.21. The molecule has 0 aliphatic rings. The zero-order valence-corrected chi connectivity index (χ0v) is 31.8. The van der Waals surface area contributed by atoms with Crippen molar-refractivity contribution in [2.24, 2.45) is 0 Å². The molecule has 4 rings (SSSR count). The van der Waals surface area contributed by atoms with Gasteiger partial charge in [0.25, 0.3) is 0 Å². The second-order valence-corrected chi connectivity index (χ2v) is 14.9. The van der Waals surface area contributed by atoms with Crippen LogP contribution in [0.1, 0.15) is 161 Å². The van der Waals surface area contributed by atoms with Gasteiger partial charge in [-0.3, -0.25) is 0 Å². The van der Waals surface area contributed by atoms with Gasteiger partial charge >= 0.3 is 0 Å². The zero-order chi connectivity index (χ0) is 35.2. The Morgan fingerprint density at radius 3 is 0.880 bits per heavy atom. The maximum absolute atomic E-state index is 6.08. The summed E-state index contributed by atoms with van der Waals surface area (Å²) in [6.07, 6.45) is 28.8. The molecule has 0 heterocycles. The lowest BCUT2D eigenvalue weighted by Crippen LogP contribution is -1.96. The first-order valence-electron chi connectivity index (χ1n) is 20.4. The summed E-state index contributed by atoms with van der Waals surface area (Å²) < 4.78 is 0. The quantitative estimate of drug-likeness (QED) is 0.0544. The Kier molecular flexibility index (Phi) is 18.1. The standard InChI is InChI=1S/C48H68N2/c1-3-45-37-43(31-33-47(45)49)35-41-27-23-39(24-28-41)21-19-17-15-13-11-9-7-5-6-8-10-12-14-16-18-20-22-40-25-29-42(30-26-40)36-44-32-34-48(50)46(4-2)38-44/h23-34,37-38H,3-22,35-36,49-50H2,1-2H3. The van der Waals surface area contributed by atoms with Crippen LogP contribution in [0.2, 0.25) is 0 Å². The van der Waals surface area contributed by atoms with E-state index in [4.69, 9.17) is 11.5 Å². The van der Waals surface area contributed by atoms with Crippen molar-refractivity contribution >= 4 is 11.4 Å². The third-order valence-corrected chi connectivity index (χ3v) is 10.7. The average molecular weight is 673 g/mol. The van der Waals surface area contributed by atoms with Gasteiger partial charge in [-0.25, -0.2) is 0 Å². The van der Waals surface area contributed by atoms with Crippen molar-refractivity contribution in [2.75, 3.05) is 11.5 Å². The Bertz CT molecular complexity index is 1370. The molecular formula is C48H68N2. The molecule has 0 spiro atoms. The number of nitrogen functional groups attached to an aromatic ring is 2. The Hall–Kier alpha value is -3.52. The van der Waals surface area contributed by atoms with Gasteiger partial charge in [-0.1, -0.05) is 177 Å². The van der Waals surface area contributed by atoms with E-state index < -0.39 is 0 Å². The van der Waals surface area contributed by atoms with Gasteiger partial charge in [0, 0.05) is 11.4 Å². The summed E-state index contributed by atoms with van der Waals surface area (Å²) >= 11 is 0. The molecule has 0 bridgehead atoms. The first kappa shape index (κ1) is 39.3. The molecule has 0 amide bonds. The smallest absolute Gasteiger partial charge is 0.0346 e. The molecule has 0 saturated heterocycles. The molecule has 4 aromatic carbocycles. The zero-order valence-electron chi connectivity index (χ0n) is 31.8. The van der Waals surface area contributed by atoms with Gasteiger partial charge in [-0.2, -0.15) is 0 Å². The maximum atomic E-state index is 6.08. The number of hydrogen-bond acceptors (Lipinski definition) is 2. The van der Waals surface area contributed by atoms with E-state index in [0.717, 1.165) is 37.1 Å². The number of anilines is 2. The number of benzene rings is 4. The van der Waals surface area contributed by atoms with Gasteiger partial charge in [0.15, 0.2) is 0 Å². The van der Waals surface area contributed by atoms with Gasteiger partial charge in [0.1, 0.15) is 0 Å². The first-order valence-corrected chi connectivity index (χ1v) is 20.4. The van der Waals surface area contributed by atoms with Crippen LogP contribution in [0.3, 0.4) is 0 Å². The second kappa shape index (κ2) is 23.0. The van der Waals surface area contributed by atoms with Crippen LogP contribution in [0.25, 0.3) is 0 Å². The van der Waals surface area contributed by atoms with Crippen LogP contribution in [-0.4, -0.2) is 0 Å². The minimum atomic E-state index is 0.914. The number of hydrogen-bond donors (Lipinski definition) is 2. The van der Waals surface area contributed by atoms with Crippen molar-refractivity contribution in [3.05, 3.63) is 129 Å². The van der Waals surface area contributed by atoms with E-state index in [1.807, 2.05) is 0 Å². The van der Waals surface area contributed by atoms with E-state index in [9.17, 15) is 0 Å². The molecule has 270 valence electrons. The van der Waals surface area contributed by atoms with Gasteiger partial charge in [0.2, 0.25) is 0 Å². The van der Waals surface area contributed by atoms with Crippen molar-refractivity contribution in [3.8, 4) is 0 Å². The van der Waals surface area contributed by atoms with Crippen LogP contribution in [0.5, 0.6) is 0 Å². The monoisotopic (exact) mass is 673 g/mol. The minimum absolute atomic E-state index is 0.914. The number of unbranched alkanes of at least 4 members (excludes halogenated alkanes) is 15. The molecule has 50 heavy (non-hydrogen) atoms. The SMILES string of the molecule is CCc1cc(Cc2ccc(CCCCCCCCCCCCCCCCCCc3ccc(Cc4ccc(N)c(CC)c4)cc3)cc2)ccc1N. The molecule has 0 aliphatic heterocycles. The second-order valence-electron chi connectivity index (χ2n) is 14.9. The Morgan fingerprint density at radius 1 is 0.320 bits per heavy atom. The summed E-state index contributed by atoms with van der Waals surface area (Å²) in [4.78, 5) is 0. The van der Waals surface area contributed by atoms with Crippen LogP contribution in [0.4, 0.5) is 11.4 Å². The predicted octanol–water partition coefficient (Wildman–Crippen LogP) is 13.2. The van der Waals surface area contributed by atoms with Crippen molar-refractivity contribution in [2.45, 2.75) is 155 Å². The fourth-order valence-electron chi connectivity index (χ4n) is 7.40. The maximum Gasteiger partial charge on any atom is 0.0346 e. The van der Waals surface area contributed by atoms with E-state index in [2.05, 4.69) is 98.8 Å². The third-order valence-electron chi connectivity index (χ3n) is 10.7. The van der Waals surface area contributed by atoms with Crippen molar-refractivity contribution in [1.82, 2.24) is 0 Å². The Morgan fingerprint density at radius 2 is 0.580 bits per heavy atom. The highest BCUT2D eigenvalue weighted by molar-refractivity contribution is 5.50. The van der Waals surface area contributed by atoms with Crippen LogP contribution < -0.4 is 11.5 Å². The highest BCUT2D eigenvalue weighted by Gasteiger charge is 2.04. The number of aryl methyl sites for hydroxylation is 4. The summed E-state index contributed by atoms with van der Waals surface area (Å²) in [5.74, 6) is 0. The lowest BCUT2D eigenvalue weighted by atomic mass is 9.98. The summed E-state index contributed by atoms with van der Waals surface area (Å²) in [7, 11) is 0. The van der Waals surface area contributed by atoms with Gasteiger partial charge in [-0.05, 0) is 108 Å². The molecule has 4 aromatic rings. The topological polar surface area (TPSA) is 52.0 Å². The fourth-order valence-corrected chi connectivity index (χ4v) is 7.40. The third kappa shape index (κ3) is 14.8. The van der Waals surface area contributed by atoms with Gasteiger partial charge < -0.3 is 11.5 Å². The Balaban J connectivity index is 0.897. The largest absolute Gasteiger partial charge is 0.399 e. The molecule has 0 aliphatic carbocycles. The van der Waals surface area contributed by atoms with E-state index in [1.165, 1.54) is 160 Å². The van der Waals surface area contributed by atoms with Crippen LogP contribution in [0.15, 0.2) is 84.9 Å². The van der Waals surface area contributed by atoms with Crippen LogP contribution in [-0.2, 0) is 38.5 Å². The molecule has 0 atom stereocenters. The minimum Gasteiger partial charge on any atom is -0.399 e. The van der Waals surface area contributed by atoms with E-state index >= 15 is 0 Å². The molecular weight excluding hydrogens is 605 g/mol. The molecule has 0 fully saturated rings. The number of rotatable bonds is 25. The van der Waals surface area contributed by atoms with Crippen LogP contribution >= 0.6 is 0 Å². The highest BCUT2D eigenvalue weighted by atomic mass is 14.6. The molecule has 4 N–H and O–H groups in total. The lowest BCUT2D eigenvalue weighted by Gasteiger charge is -2.08. The summed E-state index contributed by atoms with van der Waals surface area (Å²) in [5.41, 5.74) is 24.9. The molecule has 2 nitrogen and oxygen atoms in total. The molecule has 0 aromatic heterocycles. The van der Waals surface area contributed by atoms with Crippen molar-refractivity contribution in [1.29, 1.82) is 0 Å². The lowest BCUT2D eigenvalue weighted by molar-refractivity contribution is 0.528. The average Bonchev–Trinajstić information content (AvgIpc) is 3.14. The van der Waals surface area contributed by atoms with Crippen molar-refractivity contribution in [3.63, 3.8) is 0 Å². The van der Waals surface area contributed by atoms with Crippen molar-refractivity contribution < 1.29 is 0 Å².